The lowest BCUT2D eigenvalue weighted by molar-refractivity contribution is -0.138. The van der Waals surface area contributed by atoms with Crippen molar-refractivity contribution in [3.8, 4) is 0 Å². The van der Waals surface area contributed by atoms with E-state index in [1.165, 1.54) is 0 Å². The van der Waals surface area contributed by atoms with E-state index in [0.29, 0.717) is 12.1 Å². The van der Waals surface area contributed by atoms with Gasteiger partial charge in [0.1, 0.15) is 0 Å². The van der Waals surface area contributed by atoms with Crippen LogP contribution in [0, 0.1) is 0 Å². The zero-order chi connectivity index (χ0) is 21.1. The smallest absolute Gasteiger partial charge is 0.339 e. The molecule has 0 aliphatic carbocycles. The van der Waals surface area contributed by atoms with Gasteiger partial charge in [-0.05, 0) is 38.3 Å². The van der Waals surface area contributed by atoms with Crippen LogP contribution in [0.15, 0.2) is 24.3 Å². The van der Waals surface area contributed by atoms with Crippen LogP contribution in [-0.4, -0.2) is 58.9 Å². The predicted octanol–water partition coefficient (Wildman–Crippen LogP) is 3.56. The van der Waals surface area contributed by atoms with Gasteiger partial charge in [-0.2, -0.15) is 0 Å². The molecule has 3 heterocycles. The first-order valence-corrected chi connectivity index (χ1v) is 11.2. The van der Waals surface area contributed by atoms with E-state index in [1.807, 2.05) is 29.2 Å². The van der Waals surface area contributed by atoms with Crippen molar-refractivity contribution < 1.29 is 14.3 Å². The van der Waals surface area contributed by atoms with Crippen LogP contribution in [0.25, 0.3) is 10.9 Å². The highest BCUT2D eigenvalue weighted by Crippen LogP contribution is 2.29. The monoisotopic (exact) mass is 409 g/mol. The van der Waals surface area contributed by atoms with Crippen LogP contribution in [-0.2, 0) is 22.5 Å². The van der Waals surface area contributed by atoms with Crippen molar-refractivity contribution in [2.75, 3.05) is 26.2 Å². The third kappa shape index (κ3) is 4.06. The van der Waals surface area contributed by atoms with Gasteiger partial charge in [0.05, 0.1) is 11.1 Å². The number of esters is 1. The van der Waals surface area contributed by atoms with E-state index >= 15 is 0 Å². The van der Waals surface area contributed by atoms with Crippen molar-refractivity contribution in [3.63, 3.8) is 0 Å². The Morgan fingerprint density at radius 2 is 2.00 bits per heavy atom. The summed E-state index contributed by atoms with van der Waals surface area (Å²) in [5.41, 5.74) is 3.30. The van der Waals surface area contributed by atoms with Crippen LogP contribution in [0.1, 0.15) is 61.1 Å². The van der Waals surface area contributed by atoms with E-state index in [9.17, 15) is 9.59 Å². The molecule has 4 rings (SSSR count). The number of likely N-dealkylation sites (tertiary alicyclic amines) is 1. The Balaban J connectivity index is 1.59. The maximum absolute atomic E-state index is 13.2. The molecule has 6 heteroatoms. The predicted molar refractivity (Wildman–Crippen MR) is 116 cm³/mol. The lowest BCUT2D eigenvalue weighted by Crippen LogP contribution is -2.45. The molecule has 6 nitrogen and oxygen atoms in total. The second-order valence-corrected chi connectivity index (χ2v) is 8.27. The highest BCUT2D eigenvalue weighted by Gasteiger charge is 2.29. The Morgan fingerprint density at radius 1 is 1.17 bits per heavy atom. The highest BCUT2D eigenvalue weighted by molar-refractivity contribution is 6.05. The maximum Gasteiger partial charge on any atom is 0.339 e. The lowest BCUT2D eigenvalue weighted by atomic mass is 9.96. The van der Waals surface area contributed by atoms with Crippen LogP contribution in [0.5, 0.6) is 0 Å². The molecule has 0 spiro atoms. The summed E-state index contributed by atoms with van der Waals surface area (Å²) in [5, 5.41) is 0.802. The first-order chi connectivity index (χ1) is 14.6. The summed E-state index contributed by atoms with van der Waals surface area (Å²) in [6.45, 7) is 7.34. The van der Waals surface area contributed by atoms with Gasteiger partial charge in [-0.15, -0.1) is 0 Å². The van der Waals surface area contributed by atoms with Crippen molar-refractivity contribution in [2.45, 2.75) is 58.5 Å². The molecule has 2 aromatic rings. The van der Waals surface area contributed by atoms with Crippen molar-refractivity contribution in [3.05, 3.63) is 41.1 Å². The highest BCUT2D eigenvalue weighted by atomic mass is 16.5. The summed E-state index contributed by atoms with van der Waals surface area (Å²) in [5.74, 6) is -0.501. The Bertz CT molecular complexity index is 943. The Kier molecular flexibility index (Phi) is 6.32. The van der Waals surface area contributed by atoms with Crippen molar-refractivity contribution >= 4 is 22.8 Å². The normalized spacial score (nSPS) is 19.5. The summed E-state index contributed by atoms with van der Waals surface area (Å²) < 4.78 is 5.60. The summed E-state index contributed by atoms with van der Waals surface area (Å²) in [4.78, 5) is 35.0. The number of hydrogen-bond acceptors (Lipinski definition) is 5. The first kappa shape index (κ1) is 20.8. The van der Waals surface area contributed by atoms with E-state index in [4.69, 9.17) is 9.72 Å². The maximum atomic E-state index is 13.2. The quantitative estimate of drug-likeness (QED) is 0.707. The average Bonchev–Trinajstić information content (AvgIpc) is 2.80. The second-order valence-electron chi connectivity index (χ2n) is 8.27. The molecule has 1 fully saturated rings. The van der Waals surface area contributed by atoms with E-state index in [2.05, 4.69) is 18.7 Å². The number of piperidine rings is 1. The van der Waals surface area contributed by atoms with Crippen LogP contribution >= 0.6 is 0 Å². The molecule has 2 aliphatic rings. The van der Waals surface area contributed by atoms with Crippen LogP contribution < -0.4 is 0 Å². The van der Waals surface area contributed by atoms with E-state index < -0.39 is 5.97 Å². The molecule has 1 saturated heterocycles. The molecule has 0 radical (unpaired) electrons. The third-order valence-corrected chi connectivity index (χ3v) is 6.52. The molecular weight excluding hydrogens is 378 g/mol. The van der Waals surface area contributed by atoms with Crippen LogP contribution in [0.2, 0.25) is 0 Å². The van der Waals surface area contributed by atoms with E-state index in [1.54, 1.807) is 0 Å². The zero-order valence-electron chi connectivity index (χ0n) is 18.0. The number of likely N-dealkylation sites (N-methyl/N-ethyl adjacent to an activating group) is 1. The van der Waals surface area contributed by atoms with Gasteiger partial charge < -0.3 is 9.64 Å². The molecule has 2 aliphatic heterocycles. The fraction of sp³-hybridized carbons (Fsp3) is 0.542. The third-order valence-electron chi connectivity index (χ3n) is 6.52. The number of amides is 1. The molecule has 1 atom stereocenters. The number of ether oxygens (including phenoxy) is 1. The second kappa shape index (κ2) is 9.13. The average molecular weight is 410 g/mol. The number of carbonyl (C=O) groups excluding carboxylic acids is 2. The fourth-order valence-corrected chi connectivity index (χ4v) is 4.78. The topological polar surface area (TPSA) is 62.7 Å². The SMILES string of the molecule is CCC1CCCCN1C(=O)COC(=O)c1c2c(nc3ccccc13)CCN(CC)C2. The van der Waals surface area contributed by atoms with E-state index in [0.717, 1.165) is 73.9 Å². The van der Waals surface area contributed by atoms with Gasteiger partial charge in [-0.25, -0.2) is 4.79 Å². The Hall–Kier alpha value is -2.47. The number of para-hydroxylation sites is 1. The lowest BCUT2D eigenvalue weighted by Gasteiger charge is -2.35. The standard InChI is InChI=1S/C24H31N3O3/c1-3-17-9-7-8-13-27(17)22(28)16-30-24(29)23-18-10-5-6-11-20(18)25-21-12-14-26(4-2)15-19(21)23/h5-6,10-11,17H,3-4,7-9,12-16H2,1-2H3. The van der Waals surface area contributed by atoms with Gasteiger partial charge >= 0.3 is 5.97 Å². The number of pyridine rings is 1. The van der Waals surface area contributed by atoms with Crippen LogP contribution in [0.3, 0.4) is 0 Å². The summed E-state index contributed by atoms with van der Waals surface area (Å²) in [7, 11) is 0. The number of benzene rings is 1. The summed E-state index contributed by atoms with van der Waals surface area (Å²) in [6, 6.07) is 7.96. The minimum Gasteiger partial charge on any atom is -0.452 e. The molecule has 0 bridgehead atoms. The fourth-order valence-electron chi connectivity index (χ4n) is 4.78. The molecule has 160 valence electrons. The molecule has 1 unspecified atom stereocenters. The van der Waals surface area contributed by atoms with Crippen molar-refractivity contribution in [2.24, 2.45) is 0 Å². The number of fused-ring (bicyclic) bond motifs is 2. The number of rotatable bonds is 5. The number of hydrogen-bond donors (Lipinski definition) is 0. The zero-order valence-corrected chi connectivity index (χ0v) is 18.0. The molecular formula is C24H31N3O3. The van der Waals surface area contributed by atoms with Crippen molar-refractivity contribution in [1.29, 1.82) is 0 Å². The Morgan fingerprint density at radius 3 is 2.80 bits per heavy atom. The Labute approximate surface area is 178 Å². The van der Waals surface area contributed by atoms with Gasteiger partial charge in [-0.3, -0.25) is 14.7 Å². The minimum atomic E-state index is -0.416. The summed E-state index contributed by atoms with van der Waals surface area (Å²) in [6.07, 6.45) is 4.97. The number of aromatic nitrogens is 1. The van der Waals surface area contributed by atoms with Crippen molar-refractivity contribution in [1.82, 2.24) is 14.8 Å². The molecule has 30 heavy (non-hydrogen) atoms. The van der Waals surface area contributed by atoms with Gasteiger partial charge in [0.15, 0.2) is 6.61 Å². The molecule has 0 saturated carbocycles. The molecule has 0 N–H and O–H groups in total. The van der Waals surface area contributed by atoms with Gasteiger partial charge in [0.25, 0.3) is 5.91 Å². The number of nitrogens with zero attached hydrogens (tertiary/aromatic N) is 3. The molecule has 1 aromatic carbocycles. The molecule has 1 aromatic heterocycles. The first-order valence-electron chi connectivity index (χ1n) is 11.2. The van der Waals surface area contributed by atoms with Gasteiger partial charge in [0.2, 0.25) is 0 Å². The van der Waals surface area contributed by atoms with Crippen LogP contribution in [0.4, 0.5) is 0 Å². The van der Waals surface area contributed by atoms with Gasteiger partial charge in [-0.1, -0.05) is 32.0 Å². The summed E-state index contributed by atoms with van der Waals surface area (Å²) >= 11 is 0. The number of carbonyl (C=O) groups is 2. The van der Waals surface area contributed by atoms with E-state index in [-0.39, 0.29) is 18.6 Å². The minimum absolute atomic E-state index is 0.0858. The molecule has 1 amide bonds. The van der Waals surface area contributed by atoms with Gasteiger partial charge in [0, 0.05) is 48.7 Å². The largest absolute Gasteiger partial charge is 0.452 e.